The SMILES string of the molecule is CC1Cc2c(OCC(F)F)cnc(C(F)F)c2C1O. The van der Waals surface area contributed by atoms with Gasteiger partial charge < -0.3 is 9.84 Å². The molecule has 1 aromatic heterocycles. The van der Waals surface area contributed by atoms with E-state index in [1.807, 2.05) is 0 Å². The number of fused-ring (bicyclic) bond motifs is 1. The Morgan fingerprint density at radius 2 is 2.11 bits per heavy atom. The monoisotopic (exact) mass is 279 g/mol. The minimum atomic E-state index is -2.82. The zero-order chi connectivity index (χ0) is 14.2. The molecule has 0 aliphatic heterocycles. The fraction of sp³-hybridized carbons (Fsp3) is 0.583. The molecule has 106 valence electrons. The number of aliphatic hydroxyl groups excluding tert-OH is 1. The molecule has 3 nitrogen and oxygen atoms in total. The lowest BCUT2D eigenvalue weighted by Gasteiger charge is -2.14. The van der Waals surface area contributed by atoms with Crippen LogP contribution in [0.15, 0.2) is 6.20 Å². The van der Waals surface area contributed by atoms with Crippen molar-refractivity contribution in [1.29, 1.82) is 0 Å². The first-order valence-electron chi connectivity index (χ1n) is 5.80. The van der Waals surface area contributed by atoms with E-state index in [1.54, 1.807) is 6.92 Å². The molecule has 0 saturated heterocycles. The molecule has 1 N–H and O–H groups in total. The Kier molecular flexibility index (Phi) is 3.93. The summed E-state index contributed by atoms with van der Waals surface area (Å²) in [5.41, 5.74) is -0.128. The molecular formula is C12H13F4NO2. The Balaban J connectivity index is 2.39. The van der Waals surface area contributed by atoms with Gasteiger partial charge >= 0.3 is 0 Å². The van der Waals surface area contributed by atoms with E-state index in [0.717, 1.165) is 6.20 Å². The maximum absolute atomic E-state index is 12.8. The molecule has 0 fully saturated rings. The van der Waals surface area contributed by atoms with Gasteiger partial charge in [0.15, 0.2) is 0 Å². The smallest absolute Gasteiger partial charge is 0.280 e. The third-order valence-corrected chi connectivity index (χ3v) is 3.15. The molecule has 0 spiro atoms. The third-order valence-electron chi connectivity index (χ3n) is 3.15. The number of nitrogens with zero attached hydrogens (tertiary/aromatic N) is 1. The van der Waals surface area contributed by atoms with Crippen molar-refractivity contribution in [1.82, 2.24) is 4.98 Å². The summed E-state index contributed by atoms with van der Waals surface area (Å²) >= 11 is 0. The number of pyridine rings is 1. The van der Waals surface area contributed by atoms with E-state index in [1.165, 1.54) is 0 Å². The van der Waals surface area contributed by atoms with Crippen molar-refractivity contribution in [3.05, 3.63) is 23.0 Å². The zero-order valence-corrected chi connectivity index (χ0v) is 10.1. The molecule has 0 saturated carbocycles. The molecular weight excluding hydrogens is 266 g/mol. The van der Waals surface area contributed by atoms with Crippen molar-refractivity contribution in [3.63, 3.8) is 0 Å². The number of ether oxygens (including phenoxy) is 1. The second-order valence-electron chi connectivity index (χ2n) is 4.53. The maximum atomic E-state index is 12.8. The second kappa shape index (κ2) is 5.32. The number of aliphatic hydroxyl groups is 1. The van der Waals surface area contributed by atoms with E-state index in [4.69, 9.17) is 4.74 Å². The van der Waals surface area contributed by atoms with Crippen LogP contribution in [0.2, 0.25) is 0 Å². The Morgan fingerprint density at radius 3 is 2.68 bits per heavy atom. The summed E-state index contributed by atoms with van der Waals surface area (Å²) in [5, 5.41) is 9.90. The number of aromatic nitrogens is 1. The fourth-order valence-electron chi connectivity index (χ4n) is 2.27. The normalized spacial score (nSPS) is 22.1. The average Bonchev–Trinajstić information content (AvgIpc) is 2.63. The summed E-state index contributed by atoms with van der Waals surface area (Å²) in [6, 6.07) is 0. The topological polar surface area (TPSA) is 42.4 Å². The molecule has 0 radical (unpaired) electrons. The molecule has 1 aromatic rings. The van der Waals surface area contributed by atoms with Crippen LogP contribution in [-0.2, 0) is 6.42 Å². The van der Waals surface area contributed by atoms with Gasteiger partial charge in [0, 0.05) is 11.1 Å². The molecule has 7 heteroatoms. The lowest BCUT2D eigenvalue weighted by atomic mass is 10.1. The predicted molar refractivity (Wildman–Crippen MR) is 58.5 cm³/mol. The summed E-state index contributed by atoms with van der Waals surface area (Å²) in [5.74, 6) is -0.228. The van der Waals surface area contributed by atoms with Gasteiger partial charge in [0.25, 0.3) is 12.9 Å². The number of rotatable bonds is 4. The van der Waals surface area contributed by atoms with Gasteiger partial charge in [0.2, 0.25) is 0 Å². The van der Waals surface area contributed by atoms with Crippen LogP contribution in [-0.4, -0.2) is 23.1 Å². The lowest BCUT2D eigenvalue weighted by molar-refractivity contribution is 0.0809. The van der Waals surface area contributed by atoms with Crippen molar-refractivity contribution < 1.29 is 27.4 Å². The highest BCUT2D eigenvalue weighted by atomic mass is 19.3. The molecule has 1 aliphatic rings. The van der Waals surface area contributed by atoms with Crippen LogP contribution < -0.4 is 4.74 Å². The lowest BCUT2D eigenvalue weighted by Crippen LogP contribution is -2.10. The molecule has 2 unspecified atom stereocenters. The van der Waals surface area contributed by atoms with Crippen molar-refractivity contribution in [2.24, 2.45) is 5.92 Å². The van der Waals surface area contributed by atoms with Crippen LogP contribution >= 0.6 is 0 Å². The first kappa shape index (κ1) is 14.0. The number of alkyl halides is 4. The summed E-state index contributed by atoms with van der Waals surface area (Å²) in [7, 11) is 0. The van der Waals surface area contributed by atoms with Crippen LogP contribution in [0.1, 0.15) is 36.3 Å². The highest BCUT2D eigenvalue weighted by molar-refractivity contribution is 5.46. The molecule has 2 atom stereocenters. The van der Waals surface area contributed by atoms with Gasteiger partial charge in [0.1, 0.15) is 18.1 Å². The van der Waals surface area contributed by atoms with Crippen LogP contribution in [0.25, 0.3) is 0 Å². The molecule has 0 bridgehead atoms. The average molecular weight is 279 g/mol. The number of hydrogen-bond donors (Lipinski definition) is 1. The van der Waals surface area contributed by atoms with Crippen LogP contribution in [0.5, 0.6) is 5.75 Å². The minimum Gasteiger partial charge on any atom is -0.486 e. The van der Waals surface area contributed by atoms with E-state index in [2.05, 4.69) is 4.98 Å². The number of hydrogen-bond acceptors (Lipinski definition) is 3. The fourth-order valence-corrected chi connectivity index (χ4v) is 2.27. The quantitative estimate of drug-likeness (QED) is 0.862. The van der Waals surface area contributed by atoms with Gasteiger partial charge in [0.05, 0.1) is 12.3 Å². The van der Waals surface area contributed by atoms with Gasteiger partial charge in [-0.05, 0) is 12.3 Å². The van der Waals surface area contributed by atoms with Crippen molar-refractivity contribution >= 4 is 0 Å². The van der Waals surface area contributed by atoms with Gasteiger partial charge in [-0.2, -0.15) is 0 Å². The van der Waals surface area contributed by atoms with E-state index in [0.29, 0.717) is 12.0 Å². The first-order valence-corrected chi connectivity index (χ1v) is 5.80. The number of halogens is 4. The van der Waals surface area contributed by atoms with Crippen LogP contribution in [0, 0.1) is 5.92 Å². The Morgan fingerprint density at radius 1 is 1.42 bits per heavy atom. The Labute approximate surface area is 107 Å². The molecule has 1 heterocycles. The predicted octanol–water partition coefficient (Wildman–Crippen LogP) is 2.89. The highest BCUT2D eigenvalue weighted by Gasteiger charge is 2.35. The minimum absolute atomic E-state index is 0.0225. The van der Waals surface area contributed by atoms with Crippen LogP contribution in [0.3, 0.4) is 0 Å². The van der Waals surface area contributed by atoms with Crippen molar-refractivity contribution in [3.8, 4) is 5.75 Å². The first-order chi connectivity index (χ1) is 8.91. The summed E-state index contributed by atoms with van der Waals surface area (Å²) < 4.78 is 54.8. The summed E-state index contributed by atoms with van der Waals surface area (Å²) in [6.07, 6.45) is -5.22. The Hall–Kier alpha value is -1.37. The molecule has 1 aliphatic carbocycles. The largest absolute Gasteiger partial charge is 0.486 e. The maximum Gasteiger partial charge on any atom is 0.280 e. The molecule has 19 heavy (non-hydrogen) atoms. The van der Waals surface area contributed by atoms with Gasteiger partial charge in [-0.3, -0.25) is 4.98 Å². The molecule has 2 rings (SSSR count). The second-order valence-corrected chi connectivity index (χ2v) is 4.53. The van der Waals surface area contributed by atoms with Gasteiger partial charge in [-0.25, -0.2) is 17.6 Å². The van der Waals surface area contributed by atoms with Crippen LogP contribution in [0.4, 0.5) is 17.6 Å². The highest BCUT2D eigenvalue weighted by Crippen LogP contribution is 2.43. The van der Waals surface area contributed by atoms with Gasteiger partial charge in [-0.15, -0.1) is 0 Å². The van der Waals surface area contributed by atoms with Crippen molar-refractivity contribution in [2.75, 3.05) is 6.61 Å². The van der Waals surface area contributed by atoms with E-state index >= 15 is 0 Å². The summed E-state index contributed by atoms with van der Waals surface area (Å²) in [4.78, 5) is 3.53. The standard InChI is InChI=1S/C12H13F4NO2/c1-5-2-6-7(19-4-8(13)14)3-17-10(12(15)16)9(6)11(5)18/h3,5,8,11-12,18H,2,4H2,1H3. The summed E-state index contributed by atoms with van der Waals surface area (Å²) in [6.45, 7) is 0.865. The molecule has 0 amide bonds. The van der Waals surface area contributed by atoms with E-state index in [9.17, 15) is 22.7 Å². The van der Waals surface area contributed by atoms with Gasteiger partial charge in [-0.1, -0.05) is 6.92 Å². The Bertz CT molecular complexity index is 467. The molecule has 0 aromatic carbocycles. The zero-order valence-electron chi connectivity index (χ0n) is 10.1. The van der Waals surface area contributed by atoms with E-state index < -0.39 is 31.3 Å². The van der Waals surface area contributed by atoms with Crippen molar-refractivity contribution in [2.45, 2.75) is 32.3 Å². The third kappa shape index (κ3) is 2.65. The van der Waals surface area contributed by atoms with E-state index in [-0.39, 0.29) is 17.2 Å².